The van der Waals surface area contributed by atoms with Crippen LogP contribution in [0.1, 0.15) is 71.2 Å². The van der Waals surface area contributed by atoms with Gasteiger partial charge in [0.25, 0.3) is 5.91 Å². The summed E-state index contributed by atoms with van der Waals surface area (Å²) >= 11 is 6.13. The highest BCUT2D eigenvalue weighted by molar-refractivity contribution is 6.30. The Morgan fingerprint density at radius 2 is 1.62 bits per heavy atom. The Morgan fingerprint density at radius 1 is 0.969 bits per heavy atom. The highest BCUT2D eigenvalue weighted by Gasteiger charge is 2.46. The number of nitrogens with zero attached hydrogens (tertiary/aromatic N) is 2. The van der Waals surface area contributed by atoms with Crippen LogP contribution in [0.5, 0.6) is 0 Å². The van der Waals surface area contributed by atoms with E-state index in [0.717, 1.165) is 41.5 Å². The molecule has 2 unspecified atom stereocenters. The first kappa shape index (κ1) is 20.0. The highest BCUT2D eigenvalue weighted by Crippen LogP contribution is 2.57. The van der Waals surface area contributed by atoms with Crippen LogP contribution in [-0.4, -0.2) is 15.7 Å². The van der Waals surface area contributed by atoms with Gasteiger partial charge in [0.15, 0.2) is 5.69 Å². The number of aromatic nitrogens is 2. The molecular formula is C26H25ClFN3O. The van der Waals surface area contributed by atoms with Gasteiger partial charge in [0.05, 0.1) is 11.4 Å². The van der Waals surface area contributed by atoms with E-state index in [-0.39, 0.29) is 11.7 Å². The fourth-order valence-corrected chi connectivity index (χ4v) is 6.49. The molecule has 0 aliphatic heterocycles. The quantitative estimate of drug-likeness (QED) is 0.532. The van der Waals surface area contributed by atoms with Crippen molar-refractivity contribution in [3.8, 4) is 5.69 Å². The third kappa shape index (κ3) is 3.43. The van der Waals surface area contributed by atoms with E-state index in [9.17, 15) is 9.18 Å². The maximum atomic E-state index is 13.4. The van der Waals surface area contributed by atoms with Gasteiger partial charge in [-0.15, -0.1) is 0 Å². The molecule has 2 atom stereocenters. The molecule has 32 heavy (non-hydrogen) atoms. The van der Waals surface area contributed by atoms with Crippen LogP contribution >= 0.6 is 11.6 Å². The molecule has 0 saturated heterocycles. The van der Waals surface area contributed by atoms with Gasteiger partial charge in [0.2, 0.25) is 0 Å². The van der Waals surface area contributed by atoms with Gasteiger partial charge >= 0.3 is 0 Å². The summed E-state index contributed by atoms with van der Waals surface area (Å²) in [7, 11) is 0. The second-order valence-corrected chi connectivity index (χ2v) is 10.1. The van der Waals surface area contributed by atoms with E-state index in [1.54, 1.807) is 12.1 Å². The summed E-state index contributed by atoms with van der Waals surface area (Å²) in [6.45, 7) is 0.348. The van der Waals surface area contributed by atoms with Gasteiger partial charge in [-0.1, -0.05) is 23.7 Å². The summed E-state index contributed by atoms with van der Waals surface area (Å²) in [5.41, 5.74) is 4.75. The molecule has 1 aromatic heterocycles. The number of carbonyl (C=O) groups is 1. The summed E-state index contributed by atoms with van der Waals surface area (Å²) in [6.07, 6.45) is 6.03. The van der Waals surface area contributed by atoms with Crippen molar-refractivity contribution < 1.29 is 9.18 Å². The van der Waals surface area contributed by atoms with Gasteiger partial charge in [-0.2, -0.15) is 5.10 Å². The minimum atomic E-state index is -0.280. The Hall–Kier alpha value is -2.66. The molecule has 4 bridgehead atoms. The number of hydrogen-bond donors (Lipinski definition) is 1. The summed E-state index contributed by atoms with van der Waals surface area (Å²) in [6, 6.07) is 13.9. The van der Waals surface area contributed by atoms with Crippen molar-refractivity contribution in [2.75, 3.05) is 0 Å². The third-order valence-corrected chi connectivity index (χ3v) is 7.80. The molecule has 1 N–H and O–H groups in total. The Kier molecular flexibility index (Phi) is 4.83. The molecule has 4 aliphatic rings. The smallest absolute Gasteiger partial charge is 0.272 e. The van der Waals surface area contributed by atoms with Crippen molar-refractivity contribution in [1.82, 2.24) is 15.1 Å². The predicted octanol–water partition coefficient (Wildman–Crippen LogP) is 5.99. The minimum Gasteiger partial charge on any atom is -0.347 e. The van der Waals surface area contributed by atoms with Gasteiger partial charge in [-0.25, -0.2) is 9.07 Å². The molecular weight excluding hydrogens is 425 g/mol. The molecule has 4 nitrogen and oxygen atoms in total. The lowest BCUT2D eigenvalue weighted by Gasteiger charge is -2.38. The monoisotopic (exact) mass is 449 g/mol. The van der Waals surface area contributed by atoms with Crippen LogP contribution in [0.4, 0.5) is 4.39 Å². The summed E-state index contributed by atoms with van der Waals surface area (Å²) in [4.78, 5) is 13.4. The molecule has 0 radical (unpaired) electrons. The number of benzene rings is 2. The lowest BCUT2D eigenvalue weighted by molar-refractivity contribution is 0.0942. The Bertz CT molecular complexity index is 1160. The summed E-state index contributed by atoms with van der Waals surface area (Å²) < 4.78 is 15.2. The Labute approximate surface area is 191 Å². The fraction of sp³-hybridized carbons (Fsp3) is 0.385. The summed E-state index contributed by atoms with van der Waals surface area (Å²) in [5.74, 6) is 1.91. The van der Waals surface area contributed by atoms with E-state index in [1.165, 1.54) is 37.1 Å². The van der Waals surface area contributed by atoms with Gasteiger partial charge in [-0.05, 0) is 91.8 Å². The predicted molar refractivity (Wildman–Crippen MR) is 122 cm³/mol. The standard InChI is InChI=1S/C26H25ClFN3O/c27-20-3-7-22(8-4-20)31-25-19-12-16-9-17(13-19)11-18(10-16)23(25)24(30-31)26(32)29-14-15-1-5-21(28)6-2-15/h1-8,16-19H,9-14H2,(H,29,32). The number of rotatable bonds is 4. The lowest BCUT2D eigenvalue weighted by atomic mass is 9.67. The number of carbonyl (C=O) groups excluding carboxylic acids is 1. The van der Waals surface area contributed by atoms with Gasteiger partial charge in [0.1, 0.15) is 5.82 Å². The molecule has 6 heteroatoms. The van der Waals surface area contributed by atoms with E-state index in [0.29, 0.717) is 29.1 Å². The fourth-order valence-electron chi connectivity index (χ4n) is 6.36. The second-order valence-electron chi connectivity index (χ2n) is 9.65. The SMILES string of the molecule is O=C(NCc1ccc(F)cc1)c1nn(-c2ccc(Cl)cc2)c2c1C1CC3CC(C1)CC2C3. The molecule has 3 aromatic rings. The largest absolute Gasteiger partial charge is 0.347 e. The van der Waals surface area contributed by atoms with Gasteiger partial charge in [-0.3, -0.25) is 4.79 Å². The third-order valence-electron chi connectivity index (χ3n) is 7.54. The van der Waals surface area contributed by atoms with Crippen LogP contribution in [0.3, 0.4) is 0 Å². The van der Waals surface area contributed by atoms with E-state index < -0.39 is 0 Å². The molecule has 2 aromatic carbocycles. The lowest BCUT2D eigenvalue weighted by Crippen LogP contribution is -2.28. The van der Waals surface area contributed by atoms with Crippen molar-refractivity contribution in [1.29, 1.82) is 0 Å². The number of hydrogen-bond acceptors (Lipinski definition) is 2. The van der Waals surface area contributed by atoms with Crippen LogP contribution in [-0.2, 0) is 6.54 Å². The first-order valence-corrected chi connectivity index (χ1v) is 11.8. The van der Waals surface area contributed by atoms with Crippen molar-refractivity contribution >= 4 is 17.5 Å². The summed E-state index contributed by atoms with van der Waals surface area (Å²) in [5, 5.41) is 8.59. The van der Waals surface area contributed by atoms with E-state index in [4.69, 9.17) is 16.7 Å². The first-order valence-electron chi connectivity index (χ1n) is 11.5. The maximum absolute atomic E-state index is 13.4. The number of amides is 1. The molecule has 164 valence electrons. The van der Waals surface area contributed by atoms with Crippen LogP contribution < -0.4 is 5.32 Å². The average molecular weight is 450 g/mol. The Morgan fingerprint density at radius 3 is 2.31 bits per heavy atom. The Balaban J connectivity index is 1.40. The number of nitrogens with one attached hydrogen (secondary N) is 1. The maximum Gasteiger partial charge on any atom is 0.272 e. The molecule has 1 heterocycles. The van der Waals surface area contributed by atoms with Crippen LogP contribution in [0.2, 0.25) is 5.02 Å². The van der Waals surface area contributed by atoms with Crippen molar-refractivity contribution in [3.63, 3.8) is 0 Å². The second kappa shape index (κ2) is 7.73. The molecule has 0 spiro atoms. The molecule has 4 aliphatic carbocycles. The number of halogens is 2. The van der Waals surface area contributed by atoms with Crippen molar-refractivity contribution in [2.24, 2.45) is 11.8 Å². The van der Waals surface area contributed by atoms with Crippen molar-refractivity contribution in [3.05, 3.63) is 81.9 Å². The van der Waals surface area contributed by atoms with Gasteiger partial charge in [0, 0.05) is 23.0 Å². The molecule has 2 fully saturated rings. The van der Waals surface area contributed by atoms with Crippen LogP contribution in [0, 0.1) is 17.7 Å². The van der Waals surface area contributed by atoms with E-state index >= 15 is 0 Å². The highest BCUT2D eigenvalue weighted by atomic mass is 35.5. The van der Waals surface area contributed by atoms with Crippen molar-refractivity contribution in [2.45, 2.75) is 50.5 Å². The zero-order valence-corrected chi connectivity index (χ0v) is 18.5. The zero-order chi connectivity index (χ0) is 21.8. The topological polar surface area (TPSA) is 46.9 Å². The minimum absolute atomic E-state index is 0.153. The normalized spacial score (nSPS) is 25.4. The molecule has 7 rings (SSSR count). The average Bonchev–Trinajstić information content (AvgIpc) is 3.10. The van der Waals surface area contributed by atoms with E-state index in [2.05, 4.69) is 5.32 Å². The van der Waals surface area contributed by atoms with Crippen LogP contribution in [0.25, 0.3) is 5.69 Å². The first-order chi connectivity index (χ1) is 15.5. The zero-order valence-electron chi connectivity index (χ0n) is 17.7. The molecule has 2 saturated carbocycles. The van der Waals surface area contributed by atoms with Crippen LogP contribution in [0.15, 0.2) is 48.5 Å². The van der Waals surface area contributed by atoms with Gasteiger partial charge < -0.3 is 5.32 Å². The van der Waals surface area contributed by atoms with E-state index in [1.807, 2.05) is 28.9 Å². The molecule has 1 amide bonds.